The molecule has 0 aliphatic carbocycles. The number of hydrogen-bond donors (Lipinski definition) is 1. The number of nitrogens with two attached hydrogens (primary N) is 1. The van der Waals surface area contributed by atoms with Crippen LogP contribution in [-0.2, 0) is 19.6 Å². The summed E-state index contributed by atoms with van der Waals surface area (Å²) in [6, 6.07) is 9.59. The maximum absolute atomic E-state index is 12.6. The zero-order valence-corrected chi connectivity index (χ0v) is 16.2. The van der Waals surface area contributed by atoms with Crippen LogP contribution < -0.4 is 10.0 Å². The van der Waals surface area contributed by atoms with E-state index in [0.29, 0.717) is 5.69 Å². The fourth-order valence-corrected chi connectivity index (χ4v) is 2.99. The standard InChI is InChI=1S/C18H19N3O6S/c1-12-8-13(2)10-14(9-12)21(7-3-6-19)16(22)11-26-18(23)15-4-5-17(27-15)28(20,24)25/h4-5,8-10H,3,7,11H2,1-2H3,(H2,20,24,25). The van der Waals surface area contributed by atoms with Crippen molar-refractivity contribution in [2.24, 2.45) is 5.14 Å². The van der Waals surface area contributed by atoms with Crippen LogP contribution in [0.15, 0.2) is 39.8 Å². The van der Waals surface area contributed by atoms with Crippen LogP contribution in [0.5, 0.6) is 0 Å². The monoisotopic (exact) mass is 405 g/mol. The van der Waals surface area contributed by atoms with Gasteiger partial charge in [-0.05, 0) is 49.2 Å². The van der Waals surface area contributed by atoms with Gasteiger partial charge in [0.1, 0.15) is 0 Å². The van der Waals surface area contributed by atoms with E-state index in [9.17, 15) is 18.0 Å². The van der Waals surface area contributed by atoms with Crippen molar-refractivity contribution in [2.45, 2.75) is 25.4 Å². The van der Waals surface area contributed by atoms with Crippen LogP contribution in [0.25, 0.3) is 0 Å². The van der Waals surface area contributed by atoms with Crippen molar-refractivity contribution in [3.8, 4) is 6.07 Å². The Morgan fingerprint density at radius 1 is 1.21 bits per heavy atom. The van der Waals surface area contributed by atoms with Crippen molar-refractivity contribution in [2.75, 3.05) is 18.1 Å². The number of hydrogen-bond acceptors (Lipinski definition) is 7. The van der Waals surface area contributed by atoms with Crippen molar-refractivity contribution in [3.05, 3.63) is 47.2 Å². The first-order chi connectivity index (χ1) is 13.1. The Kier molecular flexibility index (Phi) is 6.56. The Labute approximate surface area is 162 Å². The lowest BCUT2D eigenvalue weighted by Crippen LogP contribution is -2.35. The first-order valence-corrected chi connectivity index (χ1v) is 9.72. The lowest BCUT2D eigenvalue weighted by Gasteiger charge is -2.22. The molecular formula is C18H19N3O6S. The number of esters is 1. The lowest BCUT2D eigenvalue weighted by atomic mass is 10.1. The predicted molar refractivity (Wildman–Crippen MR) is 98.9 cm³/mol. The topological polar surface area (TPSA) is 144 Å². The molecule has 0 spiro atoms. The van der Waals surface area contributed by atoms with Gasteiger partial charge in [-0.15, -0.1) is 0 Å². The number of nitrogens with zero attached hydrogens (tertiary/aromatic N) is 2. The van der Waals surface area contributed by atoms with Crippen LogP contribution in [0.3, 0.4) is 0 Å². The van der Waals surface area contributed by atoms with Gasteiger partial charge in [-0.3, -0.25) is 4.79 Å². The average Bonchev–Trinajstić information content (AvgIpc) is 3.09. The second kappa shape index (κ2) is 8.69. The molecule has 9 nitrogen and oxygen atoms in total. The average molecular weight is 405 g/mol. The van der Waals surface area contributed by atoms with Gasteiger partial charge in [-0.25, -0.2) is 18.4 Å². The maximum atomic E-state index is 12.6. The van der Waals surface area contributed by atoms with Gasteiger partial charge < -0.3 is 14.1 Å². The summed E-state index contributed by atoms with van der Waals surface area (Å²) in [4.78, 5) is 25.9. The fourth-order valence-electron chi connectivity index (χ4n) is 2.53. The van der Waals surface area contributed by atoms with E-state index in [1.165, 1.54) is 4.90 Å². The predicted octanol–water partition coefficient (Wildman–Crippen LogP) is 1.65. The van der Waals surface area contributed by atoms with E-state index < -0.39 is 39.4 Å². The molecule has 10 heteroatoms. The van der Waals surface area contributed by atoms with Crippen LogP contribution in [-0.4, -0.2) is 33.4 Å². The number of carbonyl (C=O) groups is 2. The van der Waals surface area contributed by atoms with Gasteiger partial charge in [-0.1, -0.05) is 6.07 Å². The van der Waals surface area contributed by atoms with Gasteiger partial charge in [0.05, 0.1) is 12.5 Å². The summed E-state index contributed by atoms with van der Waals surface area (Å²) < 4.78 is 32.1. The van der Waals surface area contributed by atoms with Gasteiger partial charge in [0.2, 0.25) is 10.9 Å². The molecule has 0 saturated heterocycles. The number of primary sulfonamides is 1. The highest BCUT2D eigenvalue weighted by Crippen LogP contribution is 2.20. The normalized spacial score (nSPS) is 10.9. The van der Waals surface area contributed by atoms with E-state index in [1.807, 2.05) is 26.0 Å². The Morgan fingerprint density at radius 2 is 1.86 bits per heavy atom. The molecule has 0 fully saturated rings. The van der Waals surface area contributed by atoms with Crippen molar-refractivity contribution >= 4 is 27.6 Å². The molecule has 1 amide bonds. The molecule has 0 aliphatic heterocycles. The number of carbonyl (C=O) groups excluding carboxylic acids is 2. The molecule has 28 heavy (non-hydrogen) atoms. The van der Waals surface area contributed by atoms with E-state index in [0.717, 1.165) is 23.3 Å². The van der Waals surface area contributed by atoms with E-state index >= 15 is 0 Å². The van der Waals surface area contributed by atoms with Crippen LogP contribution in [0.1, 0.15) is 28.1 Å². The number of benzene rings is 1. The number of sulfonamides is 1. The third-order valence-corrected chi connectivity index (χ3v) is 4.44. The van der Waals surface area contributed by atoms with E-state index in [4.69, 9.17) is 19.6 Å². The second-order valence-electron chi connectivity index (χ2n) is 6.04. The van der Waals surface area contributed by atoms with E-state index in [1.54, 1.807) is 12.1 Å². The molecule has 2 N–H and O–H groups in total. The molecular weight excluding hydrogens is 386 g/mol. The minimum Gasteiger partial charge on any atom is -0.450 e. The quantitative estimate of drug-likeness (QED) is 0.690. The van der Waals surface area contributed by atoms with Crippen molar-refractivity contribution in [1.29, 1.82) is 5.26 Å². The Bertz CT molecular complexity index is 1020. The zero-order valence-electron chi connectivity index (χ0n) is 15.3. The molecule has 148 valence electrons. The molecule has 0 unspecified atom stereocenters. The summed E-state index contributed by atoms with van der Waals surface area (Å²) in [5.74, 6) is -1.94. The van der Waals surface area contributed by atoms with Crippen LogP contribution in [0.4, 0.5) is 5.69 Å². The number of amides is 1. The highest BCUT2D eigenvalue weighted by atomic mass is 32.2. The molecule has 0 atom stereocenters. The second-order valence-corrected chi connectivity index (χ2v) is 7.53. The van der Waals surface area contributed by atoms with E-state index in [-0.39, 0.29) is 13.0 Å². The summed E-state index contributed by atoms with van der Waals surface area (Å²) in [6.45, 7) is 3.28. The number of furan rings is 1. The number of rotatable bonds is 7. The number of ether oxygens (including phenoxy) is 1. The lowest BCUT2D eigenvalue weighted by molar-refractivity contribution is -0.121. The minimum atomic E-state index is -4.09. The van der Waals surface area contributed by atoms with Crippen LogP contribution >= 0.6 is 0 Å². The first kappa shape index (κ1) is 21.1. The van der Waals surface area contributed by atoms with Gasteiger partial charge in [0.25, 0.3) is 15.9 Å². The van der Waals surface area contributed by atoms with Gasteiger partial charge in [-0.2, -0.15) is 5.26 Å². The third-order valence-electron chi connectivity index (χ3n) is 3.66. The molecule has 1 heterocycles. The molecule has 2 aromatic rings. The molecule has 1 aromatic carbocycles. The SMILES string of the molecule is Cc1cc(C)cc(N(CCC#N)C(=O)COC(=O)c2ccc(S(N)(=O)=O)o2)c1. The molecule has 0 aliphatic rings. The highest BCUT2D eigenvalue weighted by molar-refractivity contribution is 7.89. The van der Waals surface area contributed by atoms with Crippen molar-refractivity contribution < 1.29 is 27.2 Å². The molecule has 2 rings (SSSR count). The largest absolute Gasteiger partial charge is 0.450 e. The fraction of sp³-hybridized carbons (Fsp3) is 0.278. The first-order valence-electron chi connectivity index (χ1n) is 8.17. The smallest absolute Gasteiger partial charge is 0.374 e. The minimum absolute atomic E-state index is 0.0998. The summed E-state index contributed by atoms with van der Waals surface area (Å²) >= 11 is 0. The third kappa shape index (κ3) is 5.42. The van der Waals surface area contributed by atoms with Gasteiger partial charge in [0, 0.05) is 12.2 Å². The number of aryl methyl sites for hydroxylation is 2. The molecule has 0 saturated carbocycles. The summed E-state index contributed by atoms with van der Waals surface area (Å²) in [6.07, 6.45) is 0.0998. The zero-order chi connectivity index (χ0) is 20.9. The Hall–Kier alpha value is -3.16. The summed E-state index contributed by atoms with van der Waals surface area (Å²) in [5.41, 5.74) is 2.46. The maximum Gasteiger partial charge on any atom is 0.374 e. The summed E-state index contributed by atoms with van der Waals surface area (Å²) in [5, 5.41) is 13.2. The van der Waals surface area contributed by atoms with Gasteiger partial charge in [0.15, 0.2) is 6.61 Å². The number of anilines is 1. The number of nitriles is 1. The molecule has 1 aromatic heterocycles. The van der Waals surface area contributed by atoms with Crippen LogP contribution in [0.2, 0.25) is 0 Å². The van der Waals surface area contributed by atoms with Gasteiger partial charge >= 0.3 is 5.97 Å². The molecule has 0 radical (unpaired) electrons. The highest BCUT2D eigenvalue weighted by Gasteiger charge is 2.22. The Morgan fingerprint density at radius 3 is 2.39 bits per heavy atom. The van der Waals surface area contributed by atoms with Crippen LogP contribution in [0, 0.1) is 25.2 Å². The Balaban J connectivity index is 2.12. The molecule has 0 bridgehead atoms. The van der Waals surface area contributed by atoms with Crippen molar-refractivity contribution in [1.82, 2.24) is 0 Å². The van der Waals surface area contributed by atoms with Crippen molar-refractivity contribution in [3.63, 3.8) is 0 Å². The summed E-state index contributed by atoms with van der Waals surface area (Å²) in [7, 11) is -4.09. The van der Waals surface area contributed by atoms with E-state index in [2.05, 4.69) is 0 Å².